The number of rotatable bonds is 8. The second-order valence-electron chi connectivity index (χ2n) is 3.52. The lowest BCUT2D eigenvalue weighted by Crippen LogP contribution is -2.31. The summed E-state index contributed by atoms with van der Waals surface area (Å²) in [6.07, 6.45) is 4.85. The first-order valence-corrected chi connectivity index (χ1v) is 5.30. The third kappa shape index (κ3) is 5.51. The number of unbranched alkanes of at least 4 members (excludes halogenated alkanes) is 1. The van der Waals surface area contributed by atoms with Gasteiger partial charge in [-0.15, -0.1) is 0 Å². The van der Waals surface area contributed by atoms with Crippen LogP contribution in [0, 0.1) is 0 Å². The van der Waals surface area contributed by atoms with Gasteiger partial charge in [0.1, 0.15) is 0 Å². The number of hydrogen-bond donors (Lipinski definition) is 3. The SMILES string of the molecule is OCCCCNCC(O)Cn1cccn1. The molecule has 5 heteroatoms. The molecule has 0 aliphatic heterocycles. The fourth-order valence-corrected chi connectivity index (χ4v) is 1.32. The third-order valence-electron chi connectivity index (χ3n) is 2.10. The van der Waals surface area contributed by atoms with Crippen LogP contribution >= 0.6 is 0 Å². The highest BCUT2D eigenvalue weighted by molar-refractivity contribution is 4.78. The fourth-order valence-electron chi connectivity index (χ4n) is 1.32. The molecule has 86 valence electrons. The molecule has 1 atom stereocenters. The first-order valence-electron chi connectivity index (χ1n) is 5.30. The largest absolute Gasteiger partial charge is 0.396 e. The van der Waals surface area contributed by atoms with E-state index >= 15 is 0 Å². The zero-order valence-corrected chi connectivity index (χ0v) is 8.84. The summed E-state index contributed by atoms with van der Waals surface area (Å²) in [5, 5.41) is 25.3. The van der Waals surface area contributed by atoms with Gasteiger partial charge in [-0.25, -0.2) is 0 Å². The maximum absolute atomic E-state index is 9.60. The predicted molar refractivity (Wildman–Crippen MR) is 57.4 cm³/mol. The van der Waals surface area contributed by atoms with Crippen LogP contribution in [0.2, 0.25) is 0 Å². The van der Waals surface area contributed by atoms with Crippen LogP contribution in [0.5, 0.6) is 0 Å². The van der Waals surface area contributed by atoms with E-state index in [2.05, 4.69) is 10.4 Å². The zero-order chi connectivity index (χ0) is 10.9. The second-order valence-corrected chi connectivity index (χ2v) is 3.52. The van der Waals surface area contributed by atoms with Crippen LogP contribution in [-0.4, -0.2) is 45.8 Å². The third-order valence-corrected chi connectivity index (χ3v) is 2.10. The molecule has 0 radical (unpaired) electrons. The molecule has 3 N–H and O–H groups in total. The highest BCUT2D eigenvalue weighted by atomic mass is 16.3. The summed E-state index contributed by atoms with van der Waals surface area (Å²) in [5.74, 6) is 0. The number of aliphatic hydroxyl groups is 2. The Kier molecular flexibility index (Phi) is 5.99. The highest BCUT2D eigenvalue weighted by Crippen LogP contribution is 1.90. The molecule has 0 spiro atoms. The monoisotopic (exact) mass is 213 g/mol. The van der Waals surface area contributed by atoms with Gasteiger partial charge < -0.3 is 15.5 Å². The van der Waals surface area contributed by atoms with Crippen molar-refractivity contribution in [2.24, 2.45) is 0 Å². The maximum atomic E-state index is 9.60. The maximum Gasteiger partial charge on any atom is 0.0860 e. The van der Waals surface area contributed by atoms with Gasteiger partial charge in [-0.3, -0.25) is 4.68 Å². The van der Waals surface area contributed by atoms with Gasteiger partial charge in [0.05, 0.1) is 12.6 Å². The van der Waals surface area contributed by atoms with Gasteiger partial charge in [0.2, 0.25) is 0 Å². The van der Waals surface area contributed by atoms with Crippen molar-refractivity contribution in [1.29, 1.82) is 0 Å². The Morgan fingerprint density at radius 2 is 2.27 bits per heavy atom. The number of aliphatic hydroxyl groups excluding tert-OH is 2. The molecule has 0 fully saturated rings. The molecule has 0 aromatic carbocycles. The number of nitrogens with zero attached hydrogens (tertiary/aromatic N) is 2. The van der Waals surface area contributed by atoms with E-state index in [1.165, 1.54) is 0 Å². The molecule has 0 aliphatic rings. The number of hydrogen-bond acceptors (Lipinski definition) is 4. The molecule has 0 aliphatic carbocycles. The Bertz CT molecular complexity index is 239. The Labute approximate surface area is 89.7 Å². The Hall–Kier alpha value is -0.910. The van der Waals surface area contributed by atoms with Gasteiger partial charge in [0, 0.05) is 25.5 Å². The van der Waals surface area contributed by atoms with Crippen molar-refractivity contribution in [3.63, 3.8) is 0 Å². The summed E-state index contributed by atoms with van der Waals surface area (Å²) in [4.78, 5) is 0. The molecule has 0 amide bonds. The Balaban J connectivity index is 2.01. The summed E-state index contributed by atoms with van der Waals surface area (Å²) < 4.78 is 1.71. The molecule has 15 heavy (non-hydrogen) atoms. The molecule has 5 nitrogen and oxygen atoms in total. The first kappa shape index (κ1) is 12.2. The molecular weight excluding hydrogens is 194 g/mol. The van der Waals surface area contributed by atoms with E-state index in [9.17, 15) is 5.11 Å². The quantitative estimate of drug-likeness (QED) is 0.514. The van der Waals surface area contributed by atoms with Crippen LogP contribution in [0.4, 0.5) is 0 Å². The van der Waals surface area contributed by atoms with E-state index in [4.69, 9.17) is 5.11 Å². The Morgan fingerprint density at radius 1 is 1.40 bits per heavy atom. The lowest BCUT2D eigenvalue weighted by molar-refractivity contribution is 0.146. The summed E-state index contributed by atoms with van der Waals surface area (Å²) in [6, 6.07) is 1.83. The smallest absolute Gasteiger partial charge is 0.0860 e. The lowest BCUT2D eigenvalue weighted by Gasteiger charge is -2.11. The van der Waals surface area contributed by atoms with Gasteiger partial charge in [0.25, 0.3) is 0 Å². The fraction of sp³-hybridized carbons (Fsp3) is 0.700. The average molecular weight is 213 g/mol. The number of aromatic nitrogens is 2. The predicted octanol–water partition coefficient (Wildman–Crippen LogP) is -0.394. The van der Waals surface area contributed by atoms with Crippen molar-refractivity contribution in [3.8, 4) is 0 Å². The van der Waals surface area contributed by atoms with Crippen LogP contribution in [0.1, 0.15) is 12.8 Å². The van der Waals surface area contributed by atoms with Gasteiger partial charge in [-0.2, -0.15) is 5.10 Å². The van der Waals surface area contributed by atoms with E-state index in [-0.39, 0.29) is 6.61 Å². The molecule has 1 unspecified atom stereocenters. The van der Waals surface area contributed by atoms with E-state index in [1.807, 2.05) is 12.3 Å². The Morgan fingerprint density at radius 3 is 2.93 bits per heavy atom. The second kappa shape index (κ2) is 7.39. The normalized spacial score (nSPS) is 12.9. The molecule has 1 heterocycles. The van der Waals surface area contributed by atoms with Crippen molar-refractivity contribution in [2.75, 3.05) is 19.7 Å². The van der Waals surface area contributed by atoms with Crippen molar-refractivity contribution in [3.05, 3.63) is 18.5 Å². The molecule has 0 bridgehead atoms. The summed E-state index contributed by atoms with van der Waals surface area (Å²) in [7, 11) is 0. The molecule has 1 aromatic rings. The van der Waals surface area contributed by atoms with E-state index in [0.717, 1.165) is 19.4 Å². The lowest BCUT2D eigenvalue weighted by atomic mass is 10.3. The minimum Gasteiger partial charge on any atom is -0.396 e. The zero-order valence-electron chi connectivity index (χ0n) is 8.84. The van der Waals surface area contributed by atoms with Crippen LogP contribution < -0.4 is 5.32 Å². The van der Waals surface area contributed by atoms with Crippen LogP contribution in [-0.2, 0) is 6.54 Å². The molecule has 1 rings (SSSR count). The summed E-state index contributed by atoms with van der Waals surface area (Å²) >= 11 is 0. The van der Waals surface area contributed by atoms with Crippen LogP contribution in [0.15, 0.2) is 18.5 Å². The van der Waals surface area contributed by atoms with Gasteiger partial charge in [-0.05, 0) is 25.5 Å². The van der Waals surface area contributed by atoms with Gasteiger partial charge >= 0.3 is 0 Å². The van der Waals surface area contributed by atoms with Crippen molar-refractivity contribution in [2.45, 2.75) is 25.5 Å². The first-order chi connectivity index (χ1) is 7.33. The van der Waals surface area contributed by atoms with Crippen LogP contribution in [0.3, 0.4) is 0 Å². The van der Waals surface area contributed by atoms with E-state index in [1.54, 1.807) is 10.9 Å². The van der Waals surface area contributed by atoms with Gasteiger partial charge in [-0.1, -0.05) is 0 Å². The van der Waals surface area contributed by atoms with Crippen LogP contribution in [0.25, 0.3) is 0 Å². The molecule has 0 saturated heterocycles. The van der Waals surface area contributed by atoms with E-state index in [0.29, 0.717) is 13.1 Å². The number of nitrogens with one attached hydrogen (secondary N) is 1. The topological polar surface area (TPSA) is 70.3 Å². The van der Waals surface area contributed by atoms with Crippen molar-refractivity contribution >= 4 is 0 Å². The standard InChI is InChI=1S/C10H19N3O2/c14-7-2-1-4-11-8-10(15)9-13-6-3-5-12-13/h3,5-6,10-11,14-15H,1-2,4,7-9H2. The average Bonchev–Trinajstić information content (AvgIpc) is 2.70. The molecule has 0 saturated carbocycles. The highest BCUT2D eigenvalue weighted by Gasteiger charge is 2.03. The van der Waals surface area contributed by atoms with Gasteiger partial charge in [0.15, 0.2) is 0 Å². The van der Waals surface area contributed by atoms with Crippen molar-refractivity contribution < 1.29 is 10.2 Å². The minimum absolute atomic E-state index is 0.234. The van der Waals surface area contributed by atoms with Crippen molar-refractivity contribution in [1.82, 2.24) is 15.1 Å². The molecule has 1 aromatic heterocycles. The van der Waals surface area contributed by atoms with E-state index < -0.39 is 6.10 Å². The summed E-state index contributed by atoms with van der Waals surface area (Å²) in [5.41, 5.74) is 0. The molecular formula is C10H19N3O2. The summed E-state index contributed by atoms with van der Waals surface area (Å²) in [6.45, 7) is 2.14. The minimum atomic E-state index is -0.418.